The Morgan fingerprint density at radius 1 is 1.33 bits per heavy atom. The van der Waals surface area contributed by atoms with Crippen LogP contribution < -0.4 is 5.32 Å². The van der Waals surface area contributed by atoms with Crippen molar-refractivity contribution in [2.24, 2.45) is 5.92 Å². The third-order valence-electron chi connectivity index (χ3n) is 3.67. The molecule has 2 rings (SSSR count). The highest BCUT2D eigenvalue weighted by atomic mass is 32.1. The molecule has 2 atom stereocenters. The monoisotopic (exact) mass is 266 g/mol. The molecule has 1 aromatic rings. The summed E-state index contributed by atoms with van der Waals surface area (Å²) >= 11 is 1.96. The largest absolute Gasteiger partial charge is 0.310 e. The van der Waals surface area contributed by atoms with Crippen molar-refractivity contribution < 1.29 is 0 Å². The third kappa shape index (κ3) is 3.81. The van der Waals surface area contributed by atoms with Crippen LogP contribution in [0.25, 0.3) is 0 Å². The van der Waals surface area contributed by atoms with Gasteiger partial charge in [-0.3, -0.25) is 4.90 Å². The van der Waals surface area contributed by atoms with Gasteiger partial charge in [-0.1, -0.05) is 20.8 Å². The van der Waals surface area contributed by atoms with Crippen molar-refractivity contribution in [1.29, 1.82) is 0 Å². The summed E-state index contributed by atoms with van der Waals surface area (Å²) in [6, 6.07) is 5.89. The maximum Gasteiger partial charge on any atom is 0.0330 e. The summed E-state index contributed by atoms with van der Waals surface area (Å²) in [4.78, 5) is 5.59. The number of nitrogens with one attached hydrogen (secondary N) is 1. The van der Waals surface area contributed by atoms with Crippen molar-refractivity contribution in [3.05, 3.63) is 21.9 Å². The molecule has 1 N–H and O–H groups in total. The van der Waals surface area contributed by atoms with Crippen molar-refractivity contribution >= 4 is 11.3 Å². The molecular weight excluding hydrogens is 240 g/mol. The smallest absolute Gasteiger partial charge is 0.0330 e. The quantitative estimate of drug-likeness (QED) is 0.878. The first-order valence-corrected chi connectivity index (χ1v) is 7.91. The molecule has 102 valence electrons. The fourth-order valence-corrected chi connectivity index (χ4v) is 3.71. The summed E-state index contributed by atoms with van der Waals surface area (Å²) in [6.45, 7) is 12.5. The second kappa shape index (κ2) is 6.18. The number of hydrogen-bond donors (Lipinski definition) is 1. The van der Waals surface area contributed by atoms with Crippen LogP contribution in [-0.2, 0) is 13.1 Å². The number of likely N-dealkylation sites (tertiary alicyclic amines) is 1. The Hall–Kier alpha value is -0.380. The molecule has 0 aromatic carbocycles. The van der Waals surface area contributed by atoms with Crippen LogP contribution in [0.15, 0.2) is 12.1 Å². The Bertz CT molecular complexity index is 372. The van der Waals surface area contributed by atoms with Crippen LogP contribution in [0.2, 0.25) is 0 Å². The first-order chi connectivity index (χ1) is 8.54. The SMILES string of the molecule is CC1CC(C)N(Cc2ccc(CNC(C)C)s2)C1. The number of rotatable bonds is 5. The first-order valence-electron chi connectivity index (χ1n) is 7.09. The van der Waals surface area contributed by atoms with Crippen LogP contribution in [0.1, 0.15) is 43.9 Å². The molecule has 3 heteroatoms. The van der Waals surface area contributed by atoms with E-state index in [1.54, 1.807) is 0 Å². The minimum atomic E-state index is 0.565. The van der Waals surface area contributed by atoms with E-state index in [1.165, 1.54) is 22.7 Å². The summed E-state index contributed by atoms with van der Waals surface area (Å²) in [5.74, 6) is 0.863. The average Bonchev–Trinajstić information content (AvgIpc) is 2.84. The van der Waals surface area contributed by atoms with E-state index in [4.69, 9.17) is 0 Å². The molecule has 2 heterocycles. The Morgan fingerprint density at radius 3 is 2.67 bits per heavy atom. The number of nitrogens with zero attached hydrogens (tertiary/aromatic N) is 1. The number of hydrogen-bond acceptors (Lipinski definition) is 3. The van der Waals surface area contributed by atoms with Gasteiger partial charge in [0.15, 0.2) is 0 Å². The zero-order valence-corrected chi connectivity index (χ0v) is 12.9. The van der Waals surface area contributed by atoms with E-state index >= 15 is 0 Å². The molecule has 1 fully saturated rings. The van der Waals surface area contributed by atoms with Gasteiger partial charge < -0.3 is 5.32 Å². The zero-order valence-electron chi connectivity index (χ0n) is 12.1. The minimum Gasteiger partial charge on any atom is -0.310 e. The van der Waals surface area contributed by atoms with Crippen LogP contribution >= 0.6 is 11.3 Å². The van der Waals surface area contributed by atoms with Crippen molar-refractivity contribution in [3.8, 4) is 0 Å². The molecule has 0 radical (unpaired) electrons. The molecule has 1 aromatic heterocycles. The van der Waals surface area contributed by atoms with E-state index in [9.17, 15) is 0 Å². The highest BCUT2D eigenvalue weighted by molar-refractivity contribution is 7.11. The van der Waals surface area contributed by atoms with E-state index < -0.39 is 0 Å². The second-order valence-corrected chi connectivity index (χ2v) is 7.28. The molecule has 1 aliphatic heterocycles. The van der Waals surface area contributed by atoms with Crippen molar-refractivity contribution in [2.45, 2.75) is 59.3 Å². The topological polar surface area (TPSA) is 15.3 Å². The maximum absolute atomic E-state index is 3.48. The van der Waals surface area contributed by atoms with Gasteiger partial charge >= 0.3 is 0 Å². The molecule has 0 aliphatic carbocycles. The summed E-state index contributed by atoms with van der Waals surface area (Å²) in [5, 5.41) is 3.48. The van der Waals surface area contributed by atoms with Gasteiger partial charge in [0, 0.05) is 41.5 Å². The van der Waals surface area contributed by atoms with Crippen molar-refractivity contribution in [2.75, 3.05) is 6.54 Å². The molecule has 0 bridgehead atoms. The van der Waals surface area contributed by atoms with Gasteiger partial charge in [0.2, 0.25) is 0 Å². The molecular formula is C15H26N2S. The maximum atomic E-state index is 3.48. The Morgan fingerprint density at radius 2 is 2.06 bits per heavy atom. The summed E-state index contributed by atoms with van der Waals surface area (Å²) < 4.78 is 0. The lowest BCUT2D eigenvalue weighted by molar-refractivity contribution is 0.259. The first kappa shape index (κ1) is 14.0. The van der Waals surface area contributed by atoms with Gasteiger partial charge in [0.1, 0.15) is 0 Å². The Balaban J connectivity index is 1.86. The van der Waals surface area contributed by atoms with E-state index in [2.05, 4.69) is 50.0 Å². The van der Waals surface area contributed by atoms with Gasteiger partial charge in [0.05, 0.1) is 0 Å². The predicted octanol–water partition coefficient (Wildman–Crippen LogP) is 3.48. The van der Waals surface area contributed by atoms with E-state index in [0.29, 0.717) is 6.04 Å². The van der Waals surface area contributed by atoms with Gasteiger partial charge in [-0.2, -0.15) is 0 Å². The molecule has 1 aliphatic rings. The fourth-order valence-electron chi connectivity index (χ4n) is 2.71. The molecule has 0 saturated carbocycles. The van der Waals surface area contributed by atoms with Gasteiger partial charge in [0.25, 0.3) is 0 Å². The summed E-state index contributed by atoms with van der Waals surface area (Å²) in [7, 11) is 0. The third-order valence-corrected chi connectivity index (χ3v) is 4.74. The lowest BCUT2D eigenvalue weighted by Crippen LogP contribution is -2.26. The Kier molecular flexibility index (Phi) is 4.82. The molecule has 18 heavy (non-hydrogen) atoms. The predicted molar refractivity (Wildman–Crippen MR) is 79.9 cm³/mol. The van der Waals surface area contributed by atoms with Crippen LogP contribution in [0.5, 0.6) is 0 Å². The van der Waals surface area contributed by atoms with Crippen LogP contribution in [0.4, 0.5) is 0 Å². The molecule has 2 unspecified atom stereocenters. The standard InChI is InChI=1S/C15H26N2S/c1-11(2)16-8-14-5-6-15(18-14)10-17-9-12(3)7-13(17)4/h5-6,11-13,16H,7-10H2,1-4H3. The normalized spacial score (nSPS) is 25.2. The van der Waals surface area contributed by atoms with Gasteiger partial charge in [-0.05, 0) is 31.4 Å². The van der Waals surface area contributed by atoms with Gasteiger partial charge in [-0.25, -0.2) is 0 Å². The lowest BCUT2D eigenvalue weighted by Gasteiger charge is -2.19. The van der Waals surface area contributed by atoms with E-state index in [0.717, 1.165) is 25.0 Å². The lowest BCUT2D eigenvalue weighted by atomic mass is 10.1. The number of thiophene rings is 1. The summed E-state index contributed by atoms with van der Waals surface area (Å²) in [5.41, 5.74) is 0. The van der Waals surface area contributed by atoms with Crippen LogP contribution in [-0.4, -0.2) is 23.5 Å². The molecule has 2 nitrogen and oxygen atoms in total. The van der Waals surface area contributed by atoms with E-state index in [-0.39, 0.29) is 0 Å². The summed E-state index contributed by atoms with van der Waals surface area (Å²) in [6.07, 6.45) is 1.35. The minimum absolute atomic E-state index is 0.565. The Labute approximate surface area is 115 Å². The van der Waals surface area contributed by atoms with Crippen LogP contribution in [0, 0.1) is 5.92 Å². The van der Waals surface area contributed by atoms with Gasteiger partial charge in [-0.15, -0.1) is 11.3 Å². The van der Waals surface area contributed by atoms with Crippen molar-refractivity contribution in [1.82, 2.24) is 10.2 Å². The fraction of sp³-hybridized carbons (Fsp3) is 0.733. The second-order valence-electron chi connectivity index (χ2n) is 6.02. The van der Waals surface area contributed by atoms with E-state index in [1.807, 2.05) is 11.3 Å². The van der Waals surface area contributed by atoms with Crippen LogP contribution in [0.3, 0.4) is 0 Å². The molecule has 0 spiro atoms. The highest BCUT2D eigenvalue weighted by Gasteiger charge is 2.26. The molecule has 0 amide bonds. The highest BCUT2D eigenvalue weighted by Crippen LogP contribution is 2.26. The average molecular weight is 266 g/mol. The molecule has 1 saturated heterocycles. The van der Waals surface area contributed by atoms with Crippen molar-refractivity contribution in [3.63, 3.8) is 0 Å². The zero-order chi connectivity index (χ0) is 13.1.